The van der Waals surface area contributed by atoms with Gasteiger partial charge >= 0.3 is 0 Å². The molecule has 3 N–H and O–H groups in total. The van der Waals surface area contributed by atoms with Crippen molar-refractivity contribution in [1.29, 1.82) is 0 Å². The first-order valence-electron chi connectivity index (χ1n) is 4.93. The fraction of sp³-hybridized carbons (Fsp3) is 0.182. The van der Waals surface area contributed by atoms with Crippen LogP contribution in [0, 0.1) is 0 Å². The highest BCUT2D eigenvalue weighted by molar-refractivity contribution is 5.50. The molecule has 1 aromatic heterocycles. The number of nitrogens with one attached hydrogen (secondary N) is 1. The summed E-state index contributed by atoms with van der Waals surface area (Å²) >= 11 is 0. The van der Waals surface area contributed by atoms with Gasteiger partial charge in [-0.25, -0.2) is 4.98 Å². The third kappa shape index (κ3) is 2.16. The number of H-pyrrole nitrogens is 1. The average Bonchev–Trinajstić information content (AvgIpc) is 2.67. The standard InChI is InChI=1S/C11H14N4/c12-6-5-10-4-2-1-3-7-15(10)11-8-13-9-14-11/h1-4,7-9H,5-6,12H2,(H,13,14). The number of hydrogen-bond donors (Lipinski definition) is 2. The van der Waals surface area contributed by atoms with Crippen LogP contribution in [-0.4, -0.2) is 16.5 Å². The van der Waals surface area contributed by atoms with E-state index in [1.165, 1.54) is 0 Å². The molecule has 4 heteroatoms. The predicted octanol–water partition coefficient (Wildman–Crippen LogP) is 1.53. The summed E-state index contributed by atoms with van der Waals surface area (Å²) in [5, 5.41) is 0. The van der Waals surface area contributed by atoms with Crippen molar-refractivity contribution in [3.05, 3.63) is 48.7 Å². The van der Waals surface area contributed by atoms with E-state index in [-0.39, 0.29) is 0 Å². The topological polar surface area (TPSA) is 57.9 Å². The first-order valence-corrected chi connectivity index (χ1v) is 4.93. The van der Waals surface area contributed by atoms with Gasteiger partial charge in [0.1, 0.15) is 5.82 Å². The zero-order valence-electron chi connectivity index (χ0n) is 8.43. The molecule has 0 spiro atoms. The smallest absolute Gasteiger partial charge is 0.134 e. The van der Waals surface area contributed by atoms with Crippen molar-refractivity contribution in [2.45, 2.75) is 6.42 Å². The zero-order valence-corrected chi connectivity index (χ0v) is 8.43. The van der Waals surface area contributed by atoms with Crippen LogP contribution >= 0.6 is 0 Å². The summed E-state index contributed by atoms with van der Waals surface area (Å²) in [6.45, 7) is 0.637. The lowest BCUT2D eigenvalue weighted by atomic mass is 10.2. The lowest BCUT2D eigenvalue weighted by molar-refractivity contribution is 0.906. The van der Waals surface area contributed by atoms with Gasteiger partial charge in [0.15, 0.2) is 0 Å². The molecule has 0 fully saturated rings. The van der Waals surface area contributed by atoms with Gasteiger partial charge in [0, 0.05) is 18.3 Å². The third-order valence-corrected chi connectivity index (χ3v) is 2.20. The fourth-order valence-corrected chi connectivity index (χ4v) is 1.51. The van der Waals surface area contributed by atoms with E-state index in [9.17, 15) is 0 Å². The summed E-state index contributed by atoms with van der Waals surface area (Å²) in [4.78, 5) is 9.15. The Labute approximate surface area is 88.8 Å². The van der Waals surface area contributed by atoms with Gasteiger partial charge in [0.05, 0.1) is 12.5 Å². The first kappa shape index (κ1) is 9.73. The van der Waals surface area contributed by atoms with Crippen molar-refractivity contribution >= 4 is 5.82 Å². The molecule has 0 aliphatic carbocycles. The van der Waals surface area contributed by atoms with Crippen molar-refractivity contribution < 1.29 is 0 Å². The molecule has 2 rings (SSSR count). The second-order valence-corrected chi connectivity index (χ2v) is 3.23. The SMILES string of the molecule is NCCC1=CC=CC=CN1c1cnc[nH]1. The summed E-state index contributed by atoms with van der Waals surface area (Å²) in [5.41, 5.74) is 6.74. The van der Waals surface area contributed by atoms with Gasteiger partial charge in [0.2, 0.25) is 0 Å². The Bertz CT molecular complexity index is 387. The van der Waals surface area contributed by atoms with Gasteiger partial charge in [-0.2, -0.15) is 0 Å². The molecule has 0 saturated heterocycles. The van der Waals surface area contributed by atoms with E-state index in [1.807, 2.05) is 24.4 Å². The van der Waals surface area contributed by atoms with Crippen LogP contribution in [0.25, 0.3) is 0 Å². The Hall–Kier alpha value is -1.81. The molecule has 0 unspecified atom stereocenters. The van der Waals surface area contributed by atoms with Crippen LogP contribution in [0.2, 0.25) is 0 Å². The number of nitrogens with zero attached hydrogens (tertiary/aromatic N) is 2. The van der Waals surface area contributed by atoms with E-state index in [4.69, 9.17) is 5.73 Å². The van der Waals surface area contributed by atoms with E-state index in [0.29, 0.717) is 6.54 Å². The van der Waals surface area contributed by atoms with Crippen LogP contribution in [0.5, 0.6) is 0 Å². The van der Waals surface area contributed by atoms with Gasteiger partial charge in [-0.05, 0) is 18.7 Å². The largest absolute Gasteiger partial charge is 0.331 e. The molecule has 15 heavy (non-hydrogen) atoms. The monoisotopic (exact) mass is 202 g/mol. The third-order valence-electron chi connectivity index (χ3n) is 2.20. The maximum absolute atomic E-state index is 5.58. The molecule has 0 aromatic carbocycles. The van der Waals surface area contributed by atoms with E-state index in [1.54, 1.807) is 12.5 Å². The van der Waals surface area contributed by atoms with Crippen LogP contribution in [0.4, 0.5) is 5.82 Å². The molecule has 0 bridgehead atoms. The number of nitrogens with two attached hydrogens (primary N) is 1. The molecule has 0 saturated carbocycles. The second-order valence-electron chi connectivity index (χ2n) is 3.23. The van der Waals surface area contributed by atoms with E-state index in [0.717, 1.165) is 17.9 Å². The molecular weight excluding hydrogens is 188 g/mol. The quantitative estimate of drug-likeness (QED) is 0.781. The minimum Gasteiger partial charge on any atom is -0.331 e. The highest BCUT2D eigenvalue weighted by atomic mass is 15.2. The number of aromatic amines is 1. The first-order chi connectivity index (χ1) is 7.42. The molecule has 4 nitrogen and oxygen atoms in total. The lowest BCUT2D eigenvalue weighted by Crippen LogP contribution is -2.18. The Morgan fingerprint density at radius 2 is 2.27 bits per heavy atom. The molecule has 1 aliphatic rings. The summed E-state index contributed by atoms with van der Waals surface area (Å²) in [7, 11) is 0. The average molecular weight is 202 g/mol. The van der Waals surface area contributed by atoms with E-state index >= 15 is 0 Å². The van der Waals surface area contributed by atoms with E-state index in [2.05, 4.69) is 20.9 Å². The normalized spacial score (nSPS) is 15.3. The van der Waals surface area contributed by atoms with E-state index < -0.39 is 0 Å². The van der Waals surface area contributed by atoms with Crippen LogP contribution in [0.3, 0.4) is 0 Å². The Balaban J connectivity index is 2.28. The molecule has 0 atom stereocenters. The summed E-state index contributed by atoms with van der Waals surface area (Å²) in [6.07, 6.45) is 14.4. The highest BCUT2D eigenvalue weighted by Crippen LogP contribution is 2.19. The molecule has 0 amide bonds. The van der Waals surface area contributed by atoms with Gasteiger partial charge in [0.25, 0.3) is 0 Å². The predicted molar refractivity (Wildman–Crippen MR) is 61.1 cm³/mol. The van der Waals surface area contributed by atoms with Crippen molar-refractivity contribution in [2.24, 2.45) is 5.73 Å². The number of hydrogen-bond acceptors (Lipinski definition) is 3. The number of allylic oxidation sites excluding steroid dienone is 4. The van der Waals surface area contributed by atoms with Crippen molar-refractivity contribution in [1.82, 2.24) is 9.97 Å². The maximum atomic E-state index is 5.58. The fourth-order valence-electron chi connectivity index (χ4n) is 1.51. The molecule has 1 aliphatic heterocycles. The minimum atomic E-state index is 0.637. The van der Waals surface area contributed by atoms with Gasteiger partial charge in [-0.15, -0.1) is 0 Å². The number of rotatable bonds is 3. The van der Waals surface area contributed by atoms with Crippen molar-refractivity contribution in [2.75, 3.05) is 11.4 Å². The molecule has 1 aromatic rings. The highest BCUT2D eigenvalue weighted by Gasteiger charge is 2.09. The Morgan fingerprint density at radius 3 is 3.00 bits per heavy atom. The summed E-state index contributed by atoms with van der Waals surface area (Å²) < 4.78 is 0. The minimum absolute atomic E-state index is 0.637. The van der Waals surface area contributed by atoms with Gasteiger partial charge in [-0.3, -0.25) is 0 Å². The molecule has 0 radical (unpaired) electrons. The molecular formula is C11H14N4. The Morgan fingerprint density at radius 1 is 1.33 bits per heavy atom. The van der Waals surface area contributed by atoms with Crippen LogP contribution in [-0.2, 0) is 0 Å². The van der Waals surface area contributed by atoms with Crippen LogP contribution < -0.4 is 10.6 Å². The lowest BCUT2D eigenvalue weighted by Gasteiger charge is -2.20. The van der Waals surface area contributed by atoms with Crippen molar-refractivity contribution in [3.8, 4) is 0 Å². The Kier molecular flexibility index (Phi) is 2.99. The number of imidazole rings is 1. The van der Waals surface area contributed by atoms with Gasteiger partial charge in [-0.1, -0.05) is 12.2 Å². The zero-order chi connectivity index (χ0) is 10.5. The summed E-state index contributed by atoms with van der Waals surface area (Å²) in [5.74, 6) is 0.953. The maximum Gasteiger partial charge on any atom is 0.134 e. The van der Waals surface area contributed by atoms with Crippen LogP contribution in [0.1, 0.15) is 6.42 Å². The summed E-state index contributed by atoms with van der Waals surface area (Å²) in [6, 6.07) is 0. The number of anilines is 1. The molecule has 2 heterocycles. The number of aromatic nitrogens is 2. The van der Waals surface area contributed by atoms with Crippen molar-refractivity contribution in [3.63, 3.8) is 0 Å². The van der Waals surface area contributed by atoms with Crippen LogP contribution in [0.15, 0.2) is 48.7 Å². The van der Waals surface area contributed by atoms with Gasteiger partial charge < -0.3 is 15.6 Å². The molecule has 78 valence electrons. The second kappa shape index (κ2) is 4.61.